The van der Waals surface area contributed by atoms with E-state index in [2.05, 4.69) is 5.32 Å². The molecule has 3 N–H and O–H groups in total. The normalized spacial score (nSPS) is 11.7. The second-order valence-corrected chi connectivity index (χ2v) is 4.70. The van der Waals surface area contributed by atoms with Crippen LogP contribution in [0.15, 0.2) is 48.5 Å². The molecule has 0 bridgehead atoms. The van der Waals surface area contributed by atoms with Crippen molar-refractivity contribution in [1.82, 2.24) is 0 Å². The molecule has 4 nitrogen and oxygen atoms in total. The first-order valence-corrected chi connectivity index (χ1v) is 6.58. The topological polar surface area (TPSA) is 64.3 Å². The summed E-state index contributed by atoms with van der Waals surface area (Å²) in [5.74, 6) is -0.217. The second-order valence-electron chi connectivity index (χ2n) is 4.70. The quantitative estimate of drug-likeness (QED) is 0.859. The van der Waals surface area contributed by atoms with Crippen LogP contribution in [-0.2, 0) is 4.79 Å². The lowest BCUT2D eigenvalue weighted by atomic mass is 10.1. The van der Waals surface area contributed by atoms with E-state index in [0.29, 0.717) is 5.75 Å². The Bertz CT molecular complexity index is 614. The molecule has 0 aliphatic heterocycles. The number of anilines is 1. The number of halogens is 1. The molecule has 5 heteroatoms. The number of nitrogens with one attached hydrogen (secondary N) is 1. The van der Waals surface area contributed by atoms with E-state index in [1.165, 1.54) is 12.1 Å². The second kappa shape index (κ2) is 6.74. The molecule has 0 spiro atoms. The smallest absolute Gasteiger partial charge is 0.255 e. The number of primary amides is 1. The molecular weight excluding hydrogens is 271 g/mol. The molecule has 110 valence electrons. The Labute approximate surface area is 122 Å². The Morgan fingerprint density at radius 3 is 2.67 bits per heavy atom. The van der Waals surface area contributed by atoms with Crippen LogP contribution in [0.1, 0.15) is 18.5 Å². The molecule has 1 amide bonds. The van der Waals surface area contributed by atoms with Gasteiger partial charge in [-0.2, -0.15) is 0 Å². The van der Waals surface area contributed by atoms with E-state index < -0.39 is 5.91 Å². The van der Waals surface area contributed by atoms with Gasteiger partial charge in [-0.3, -0.25) is 4.79 Å². The summed E-state index contributed by atoms with van der Waals surface area (Å²) in [4.78, 5) is 10.7. The van der Waals surface area contributed by atoms with E-state index in [1.54, 1.807) is 24.3 Å². The van der Waals surface area contributed by atoms with Crippen LogP contribution in [0.2, 0.25) is 0 Å². The third-order valence-corrected chi connectivity index (χ3v) is 2.97. The van der Waals surface area contributed by atoms with Gasteiger partial charge in [0.1, 0.15) is 11.6 Å². The summed E-state index contributed by atoms with van der Waals surface area (Å²) in [5, 5.41) is 3.29. The molecule has 2 rings (SSSR count). The van der Waals surface area contributed by atoms with Gasteiger partial charge in [0, 0.05) is 17.8 Å². The Hall–Kier alpha value is -2.56. The average molecular weight is 288 g/mol. The van der Waals surface area contributed by atoms with Gasteiger partial charge in [0.15, 0.2) is 6.61 Å². The summed E-state index contributed by atoms with van der Waals surface area (Å²) in [6.07, 6.45) is 0. The van der Waals surface area contributed by atoms with Crippen molar-refractivity contribution >= 4 is 11.6 Å². The van der Waals surface area contributed by atoms with Crippen molar-refractivity contribution in [3.05, 3.63) is 59.9 Å². The number of amides is 1. The number of benzene rings is 2. The maximum atomic E-state index is 12.9. The Morgan fingerprint density at radius 1 is 1.29 bits per heavy atom. The van der Waals surface area contributed by atoms with Gasteiger partial charge in [0.25, 0.3) is 5.91 Å². The van der Waals surface area contributed by atoms with Gasteiger partial charge in [-0.15, -0.1) is 0 Å². The van der Waals surface area contributed by atoms with E-state index in [1.807, 2.05) is 19.1 Å². The third-order valence-electron chi connectivity index (χ3n) is 2.97. The van der Waals surface area contributed by atoms with Crippen molar-refractivity contribution in [3.63, 3.8) is 0 Å². The molecule has 0 saturated heterocycles. The van der Waals surface area contributed by atoms with Gasteiger partial charge in [-0.05, 0) is 36.8 Å². The van der Waals surface area contributed by atoms with E-state index in [4.69, 9.17) is 10.5 Å². The van der Waals surface area contributed by atoms with E-state index in [0.717, 1.165) is 11.3 Å². The van der Waals surface area contributed by atoms with E-state index in [9.17, 15) is 9.18 Å². The van der Waals surface area contributed by atoms with Gasteiger partial charge >= 0.3 is 0 Å². The lowest BCUT2D eigenvalue weighted by Crippen LogP contribution is -2.20. The van der Waals surface area contributed by atoms with Crippen LogP contribution in [0.4, 0.5) is 10.1 Å². The number of carbonyl (C=O) groups excluding carboxylic acids is 1. The van der Waals surface area contributed by atoms with Gasteiger partial charge < -0.3 is 15.8 Å². The van der Waals surface area contributed by atoms with Gasteiger partial charge in [-0.25, -0.2) is 4.39 Å². The molecule has 0 aliphatic carbocycles. The summed E-state index contributed by atoms with van der Waals surface area (Å²) in [6, 6.07) is 13.6. The minimum atomic E-state index is -0.520. The van der Waals surface area contributed by atoms with Crippen LogP contribution >= 0.6 is 0 Å². The zero-order valence-electron chi connectivity index (χ0n) is 11.7. The highest BCUT2D eigenvalue weighted by Gasteiger charge is 2.06. The predicted molar refractivity (Wildman–Crippen MR) is 79.6 cm³/mol. The van der Waals surface area contributed by atoms with Crippen molar-refractivity contribution in [2.45, 2.75) is 13.0 Å². The van der Waals surface area contributed by atoms with Gasteiger partial charge in [-0.1, -0.05) is 18.2 Å². The fraction of sp³-hybridized carbons (Fsp3) is 0.188. The number of nitrogens with two attached hydrogens (primary N) is 1. The Kier molecular flexibility index (Phi) is 4.77. The summed E-state index contributed by atoms with van der Waals surface area (Å²) in [5.41, 5.74) is 6.85. The van der Waals surface area contributed by atoms with Crippen molar-refractivity contribution < 1.29 is 13.9 Å². The molecule has 0 heterocycles. The Morgan fingerprint density at radius 2 is 2.00 bits per heavy atom. The summed E-state index contributed by atoms with van der Waals surface area (Å²) < 4.78 is 18.2. The first kappa shape index (κ1) is 14.8. The average Bonchev–Trinajstić information content (AvgIpc) is 2.46. The van der Waals surface area contributed by atoms with Crippen LogP contribution < -0.4 is 15.8 Å². The predicted octanol–water partition coefficient (Wildman–Crippen LogP) is 2.86. The van der Waals surface area contributed by atoms with Crippen LogP contribution in [0.25, 0.3) is 0 Å². The highest BCUT2D eigenvalue weighted by molar-refractivity contribution is 5.75. The van der Waals surface area contributed by atoms with Crippen LogP contribution in [0, 0.1) is 5.82 Å². The molecule has 1 unspecified atom stereocenters. The van der Waals surface area contributed by atoms with Crippen LogP contribution in [-0.4, -0.2) is 12.5 Å². The molecular formula is C16H17FN2O2. The molecule has 0 saturated carbocycles. The van der Waals surface area contributed by atoms with Crippen LogP contribution in [0.3, 0.4) is 0 Å². The van der Waals surface area contributed by atoms with E-state index in [-0.39, 0.29) is 18.5 Å². The summed E-state index contributed by atoms with van der Waals surface area (Å²) in [6.45, 7) is 1.82. The first-order chi connectivity index (χ1) is 10.0. The Balaban J connectivity index is 2.03. The SMILES string of the molecule is CC(Nc1cccc(OCC(N)=O)c1)c1ccc(F)cc1. The molecule has 21 heavy (non-hydrogen) atoms. The molecule has 1 atom stereocenters. The van der Waals surface area contributed by atoms with Crippen molar-refractivity contribution in [3.8, 4) is 5.75 Å². The number of ether oxygens (including phenoxy) is 1. The van der Waals surface area contributed by atoms with Gasteiger partial charge in [0.05, 0.1) is 0 Å². The number of hydrogen-bond acceptors (Lipinski definition) is 3. The van der Waals surface area contributed by atoms with E-state index >= 15 is 0 Å². The minimum Gasteiger partial charge on any atom is -0.484 e. The fourth-order valence-corrected chi connectivity index (χ4v) is 1.91. The lowest BCUT2D eigenvalue weighted by molar-refractivity contribution is -0.119. The zero-order chi connectivity index (χ0) is 15.2. The maximum absolute atomic E-state index is 12.9. The number of hydrogen-bond donors (Lipinski definition) is 2. The largest absolute Gasteiger partial charge is 0.484 e. The third kappa shape index (κ3) is 4.49. The van der Waals surface area contributed by atoms with Crippen molar-refractivity contribution in [1.29, 1.82) is 0 Å². The van der Waals surface area contributed by atoms with Crippen LogP contribution in [0.5, 0.6) is 5.75 Å². The molecule has 0 radical (unpaired) electrons. The summed E-state index contributed by atoms with van der Waals surface area (Å²) >= 11 is 0. The molecule has 0 fully saturated rings. The highest BCUT2D eigenvalue weighted by atomic mass is 19.1. The number of rotatable bonds is 6. The standard InChI is InChI=1S/C16H17FN2O2/c1-11(12-5-7-13(17)8-6-12)19-14-3-2-4-15(9-14)21-10-16(18)20/h2-9,11,19H,10H2,1H3,(H2,18,20). The molecule has 2 aromatic rings. The lowest BCUT2D eigenvalue weighted by Gasteiger charge is -2.16. The number of carbonyl (C=O) groups is 1. The van der Waals surface area contributed by atoms with Crippen molar-refractivity contribution in [2.75, 3.05) is 11.9 Å². The maximum Gasteiger partial charge on any atom is 0.255 e. The molecule has 2 aromatic carbocycles. The summed E-state index contributed by atoms with van der Waals surface area (Å²) in [7, 11) is 0. The van der Waals surface area contributed by atoms with Crippen molar-refractivity contribution in [2.24, 2.45) is 5.73 Å². The minimum absolute atomic E-state index is 0.0111. The zero-order valence-corrected chi connectivity index (χ0v) is 11.7. The molecule has 0 aromatic heterocycles. The highest BCUT2D eigenvalue weighted by Crippen LogP contribution is 2.23. The fourth-order valence-electron chi connectivity index (χ4n) is 1.91. The van der Waals surface area contributed by atoms with Gasteiger partial charge in [0.2, 0.25) is 0 Å². The monoisotopic (exact) mass is 288 g/mol. The molecule has 0 aliphatic rings. The first-order valence-electron chi connectivity index (χ1n) is 6.58.